The van der Waals surface area contributed by atoms with Gasteiger partial charge in [-0.05, 0) is 24.3 Å². The van der Waals surface area contributed by atoms with E-state index in [0.717, 1.165) is 0 Å². The zero-order chi connectivity index (χ0) is 19.8. The number of rotatable bonds is 10. The fourth-order valence-corrected chi connectivity index (χ4v) is 2.45. The van der Waals surface area contributed by atoms with Crippen molar-refractivity contribution in [1.82, 2.24) is 0 Å². The Morgan fingerprint density at radius 1 is 0.667 bits per heavy atom. The molecule has 2 aromatic rings. The minimum Gasteiger partial charge on any atom is -0.497 e. The molecule has 0 bridgehead atoms. The molecule has 0 atom stereocenters. The number of benzene rings is 2. The Hall–Kier alpha value is -3.06. The van der Waals surface area contributed by atoms with Crippen LogP contribution in [0.1, 0.15) is 20.7 Å². The summed E-state index contributed by atoms with van der Waals surface area (Å²) in [5, 5.41) is 0. The number of ether oxygens (including phenoxy) is 5. The largest absolute Gasteiger partial charge is 0.497 e. The van der Waals surface area contributed by atoms with E-state index in [9.17, 15) is 9.59 Å². The second kappa shape index (κ2) is 9.59. The van der Waals surface area contributed by atoms with Crippen molar-refractivity contribution in [2.45, 2.75) is 0 Å². The van der Waals surface area contributed by atoms with E-state index in [0.29, 0.717) is 34.1 Å². The molecule has 2 rings (SSSR count). The van der Waals surface area contributed by atoms with Gasteiger partial charge in [-0.2, -0.15) is 0 Å². The van der Waals surface area contributed by atoms with Crippen molar-refractivity contribution in [2.75, 3.05) is 41.7 Å². The Labute approximate surface area is 157 Å². The normalized spacial score (nSPS) is 10.2. The molecular weight excluding hydrogens is 352 g/mol. The fourth-order valence-electron chi connectivity index (χ4n) is 2.45. The molecular formula is C20H22O7. The van der Waals surface area contributed by atoms with Crippen LogP contribution in [0.25, 0.3) is 0 Å². The summed E-state index contributed by atoms with van der Waals surface area (Å²) in [6.07, 6.45) is 0. The van der Waals surface area contributed by atoms with E-state index in [-0.39, 0.29) is 24.8 Å². The highest BCUT2D eigenvalue weighted by atomic mass is 16.5. The summed E-state index contributed by atoms with van der Waals surface area (Å²) in [6, 6.07) is 9.73. The Bertz CT molecular complexity index is 746. The SMILES string of the molecule is COc1ccc(C(=O)COCC(=O)c2ccc(OC)cc2OC)c(OC)c1. The third kappa shape index (κ3) is 4.98. The van der Waals surface area contributed by atoms with Crippen LogP contribution in [0.3, 0.4) is 0 Å². The molecule has 7 nitrogen and oxygen atoms in total. The molecule has 2 aromatic carbocycles. The van der Waals surface area contributed by atoms with Crippen molar-refractivity contribution < 1.29 is 33.3 Å². The van der Waals surface area contributed by atoms with E-state index in [1.165, 1.54) is 28.4 Å². The number of carbonyl (C=O) groups excluding carboxylic acids is 2. The predicted octanol–water partition coefficient (Wildman–Crippen LogP) is 2.80. The Morgan fingerprint density at radius 3 is 1.41 bits per heavy atom. The highest BCUT2D eigenvalue weighted by Gasteiger charge is 2.17. The van der Waals surface area contributed by atoms with Crippen LogP contribution in [-0.2, 0) is 4.74 Å². The molecule has 0 saturated carbocycles. The second-order valence-corrected chi connectivity index (χ2v) is 5.47. The lowest BCUT2D eigenvalue weighted by molar-refractivity contribution is 0.0669. The number of carbonyl (C=O) groups is 2. The maximum absolute atomic E-state index is 12.4. The van der Waals surface area contributed by atoms with Gasteiger partial charge in [0.15, 0.2) is 11.6 Å². The smallest absolute Gasteiger partial charge is 0.192 e. The van der Waals surface area contributed by atoms with Crippen LogP contribution in [0, 0.1) is 0 Å². The maximum atomic E-state index is 12.4. The van der Waals surface area contributed by atoms with Crippen LogP contribution < -0.4 is 18.9 Å². The molecule has 0 aliphatic carbocycles. The number of ketones is 2. The quantitative estimate of drug-likeness (QED) is 0.592. The molecule has 0 spiro atoms. The molecule has 7 heteroatoms. The van der Waals surface area contributed by atoms with E-state index in [1.807, 2.05) is 0 Å². The molecule has 0 radical (unpaired) electrons. The highest BCUT2D eigenvalue weighted by Crippen LogP contribution is 2.26. The molecule has 144 valence electrons. The first-order valence-electron chi connectivity index (χ1n) is 8.12. The monoisotopic (exact) mass is 374 g/mol. The van der Waals surface area contributed by atoms with Gasteiger partial charge in [-0.1, -0.05) is 0 Å². The average Bonchev–Trinajstić information content (AvgIpc) is 2.72. The Morgan fingerprint density at radius 2 is 1.07 bits per heavy atom. The van der Waals surface area contributed by atoms with Gasteiger partial charge in [-0.25, -0.2) is 0 Å². The molecule has 0 aliphatic rings. The number of Topliss-reactive ketones (excluding diaryl/α,β-unsaturated/α-hetero) is 2. The summed E-state index contributed by atoms with van der Waals surface area (Å²) >= 11 is 0. The van der Waals surface area contributed by atoms with Crippen molar-refractivity contribution in [3.8, 4) is 23.0 Å². The summed E-state index contributed by atoms with van der Waals surface area (Å²) in [7, 11) is 5.98. The number of methoxy groups -OCH3 is 4. The van der Waals surface area contributed by atoms with Gasteiger partial charge in [0, 0.05) is 12.1 Å². The third-order valence-electron chi connectivity index (χ3n) is 3.88. The first-order chi connectivity index (χ1) is 13.0. The lowest BCUT2D eigenvalue weighted by Gasteiger charge is -2.11. The standard InChI is InChI=1S/C20H22O7/c1-23-13-5-7-15(19(9-13)25-3)17(21)11-27-12-18(22)16-8-6-14(24-2)10-20(16)26-4/h5-10H,11-12H2,1-4H3. The molecule has 0 saturated heterocycles. The van der Waals surface area contributed by atoms with Crippen LogP contribution in [0.2, 0.25) is 0 Å². The van der Waals surface area contributed by atoms with Gasteiger partial charge in [0.2, 0.25) is 0 Å². The lowest BCUT2D eigenvalue weighted by atomic mass is 10.1. The summed E-state index contributed by atoms with van der Waals surface area (Å²) in [6.45, 7) is -0.514. The summed E-state index contributed by atoms with van der Waals surface area (Å²) in [4.78, 5) is 24.7. The summed E-state index contributed by atoms with van der Waals surface area (Å²) < 4.78 is 25.9. The van der Waals surface area contributed by atoms with Crippen LogP contribution >= 0.6 is 0 Å². The van der Waals surface area contributed by atoms with Crippen LogP contribution in [-0.4, -0.2) is 53.2 Å². The Balaban J connectivity index is 2.00. The van der Waals surface area contributed by atoms with Crippen molar-refractivity contribution >= 4 is 11.6 Å². The molecule has 0 fully saturated rings. The molecule has 0 aliphatic heterocycles. The maximum Gasteiger partial charge on any atom is 0.192 e. The van der Waals surface area contributed by atoms with E-state index in [2.05, 4.69) is 0 Å². The van der Waals surface area contributed by atoms with Crippen molar-refractivity contribution in [1.29, 1.82) is 0 Å². The van der Waals surface area contributed by atoms with Gasteiger partial charge < -0.3 is 23.7 Å². The number of hydrogen-bond acceptors (Lipinski definition) is 7. The van der Waals surface area contributed by atoms with Gasteiger partial charge >= 0.3 is 0 Å². The van der Waals surface area contributed by atoms with E-state index in [1.54, 1.807) is 36.4 Å². The molecule has 0 aromatic heterocycles. The van der Waals surface area contributed by atoms with Gasteiger partial charge in [-0.3, -0.25) is 9.59 Å². The zero-order valence-electron chi connectivity index (χ0n) is 15.7. The minimum atomic E-state index is -0.302. The molecule has 0 amide bonds. The highest BCUT2D eigenvalue weighted by molar-refractivity contribution is 6.01. The van der Waals surface area contributed by atoms with Gasteiger partial charge in [0.05, 0.1) is 39.6 Å². The first-order valence-corrected chi connectivity index (χ1v) is 8.12. The fraction of sp³-hybridized carbons (Fsp3) is 0.300. The first kappa shape index (κ1) is 20.3. The lowest BCUT2D eigenvalue weighted by Crippen LogP contribution is -2.16. The van der Waals surface area contributed by atoms with Crippen LogP contribution in [0.5, 0.6) is 23.0 Å². The minimum absolute atomic E-state index is 0.257. The molecule has 0 heterocycles. The summed E-state index contributed by atoms with van der Waals surface area (Å²) in [5.74, 6) is 1.31. The Kier molecular flexibility index (Phi) is 7.19. The van der Waals surface area contributed by atoms with E-state index < -0.39 is 0 Å². The van der Waals surface area contributed by atoms with Gasteiger partial charge in [0.25, 0.3) is 0 Å². The van der Waals surface area contributed by atoms with Crippen molar-refractivity contribution in [3.63, 3.8) is 0 Å². The molecule has 0 unspecified atom stereocenters. The van der Waals surface area contributed by atoms with E-state index >= 15 is 0 Å². The molecule has 0 N–H and O–H groups in total. The average molecular weight is 374 g/mol. The second-order valence-electron chi connectivity index (χ2n) is 5.47. The van der Waals surface area contributed by atoms with E-state index in [4.69, 9.17) is 23.7 Å². The van der Waals surface area contributed by atoms with Gasteiger partial charge in [-0.15, -0.1) is 0 Å². The van der Waals surface area contributed by atoms with Gasteiger partial charge in [0.1, 0.15) is 36.2 Å². The summed E-state index contributed by atoms with van der Waals surface area (Å²) in [5.41, 5.74) is 0.709. The van der Waals surface area contributed by atoms with Crippen molar-refractivity contribution in [3.05, 3.63) is 47.5 Å². The predicted molar refractivity (Wildman–Crippen MR) is 98.6 cm³/mol. The van der Waals surface area contributed by atoms with Crippen molar-refractivity contribution in [2.24, 2.45) is 0 Å². The number of hydrogen-bond donors (Lipinski definition) is 0. The third-order valence-corrected chi connectivity index (χ3v) is 3.88. The van der Waals surface area contributed by atoms with Crippen LogP contribution in [0.15, 0.2) is 36.4 Å². The zero-order valence-corrected chi connectivity index (χ0v) is 15.7. The molecule has 27 heavy (non-hydrogen) atoms. The van der Waals surface area contributed by atoms with Crippen LogP contribution in [0.4, 0.5) is 0 Å². The topological polar surface area (TPSA) is 80.3 Å².